The Hall–Kier alpha value is -1.66. The normalized spacial score (nSPS) is 21.4. The standard InChI is InChI=1S/C18H28N2O3Si/c1-17(2,3)24(5,6)20-13-18(23-4,16(20)22)19-15(21)12-14-10-8-7-9-11-14/h7-11H,12-13H2,1-6H3,(H,19,21). The molecule has 1 aromatic carbocycles. The third-order valence-corrected chi connectivity index (χ3v) is 10.8. The smallest absolute Gasteiger partial charge is 0.270 e. The predicted octanol–water partition coefficient (Wildman–Crippen LogP) is 2.54. The minimum absolute atomic E-state index is 0.0522. The number of ether oxygens (including phenoxy) is 1. The summed E-state index contributed by atoms with van der Waals surface area (Å²) in [6.45, 7) is 11.2. The molecule has 1 saturated heterocycles. The molecule has 0 spiro atoms. The first-order chi connectivity index (χ1) is 11.0. The van der Waals surface area contributed by atoms with E-state index in [1.54, 1.807) is 0 Å². The Morgan fingerprint density at radius 1 is 1.29 bits per heavy atom. The highest BCUT2D eigenvalue weighted by molar-refractivity contribution is 6.80. The molecule has 5 nitrogen and oxygen atoms in total. The van der Waals surface area contributed by atoms with Crippen LogP contribution in [-0.4, -0.2) is 44.0 Å². The second kappa shape index (κ2) is 6.33. The number of carbonyl (C=O) groups excluding carboxylic acids is 2. The van der Waals surface area contributed by atoms with Crippen molar-refractivity contribution >= 4 is 20.0 Å². The van der Waals surface area contributed by atoms with Crippen LogP contribution >= 0.6 is 0 Å². The lowest BCUT2D eigenvalue weighted by atomic mass is 10.1. The van der Waals surface area contributed by atoms with Gasteiger partial charge < -0.3 is 14.6 Å². The fourth-order valence-electron chi connectivity index (χ4n) is 2.69. The second-order valence-corrected chi connectivity index (χ2v) is 13.1. The van der Waals surface area contributed by atoms with Gasteiger partial charge in [0.2, 0.25) is 11.6 Å². The molecule has 1 fully saturated rings. The van der Waals surface area contributed by atoms with Crippen LogP contribution < -0.4 is 5.32 Å². The molecular weight excluding hydrogens is 320 g/mol. The van der Waals surface area contributed by atoms with E-state index < -0.39 is 14.0 Å². The maximum Gasteiger partial charge on any atom is 0.270 e. The van der Waals surface area contributed by atoms with Crippen molar-refractivity contribution in [1.82, 2.24) is 9.88 Å². The van der Waals surface area contributed by atoms with Crippen molar-refractivity contribution in [3.05, 3.63) is 35.9 Å². The molecule has 1 aromatic rings. The number of benzene rings is 1. The molecule has 1 unspecified atom stereocenters. The quantitative estimate of drug-likeness (QED) is 0.505. The predicted molar refractivity (Wildman–Crippen MR) is 96.9 cm³/mol. The van der Waals surface area contributed by atoms with Gasteiger partial charge in [-0.3, -0.25) is 9.59 Å². The van der Waals surface area contributed by atoms with Gasteiger partial charge in [0.1, 0.15) is 0 Å². The summed E-state index contributed by atoms with van der Waals surface area (Å²) in [5.41, 5.74) is -0.296. The highest BCUT2D eigenvalue weighted by Gasteiger charge is 2.60. The molecule has 1 aliphatic rings. The molecule has 0 aliphatic carbocycles. The number of nitrogens with zero attached hydrogens (tertiary/aromatic N) is 1. The van der Waals surface area contributed by atoms with Gasteiger partial charge >= 0.3 is 0 Å². The van der Waals surface area contributed by atoms with Crippen LogP contribution in [0, 0.1) is 0 Å². The number of methoxy groups -OCH3 is 1. The third-order valence-electron chi connectivity index (χ3n) is 5.38. The highest BCUT2D eigenvalue weighted by atomic mass is 28.3. The lowest BCUT2D eigenvalue weighted by molar-refractivity contribution is -0.181. The lowest BCUT2D eigenvalue weighted by Gasteiger charge is -2.57. The first kappa shape index (κ1) is 18.7. The van der Waals surface area contributed by atoms with Crippen LogP contribution in [0.5, 0.6) is 0 Å². The third kappa shape index (κ3) is 3.25. The highest BCUT2D eigenvalue weighted by Crippen LogP contribution is 2.43. The molecule has 1 aliphatic heterocycles. The Balaban J connectivity index is 2.07. The second-order valence-electron chi connectivity index (χ2n) is 7.94. The number of amides is 2. The van der Waals surface area contributed by atoms with Crippen LogP contribution in [0.2, 0.25) is 18.1 Å². The van der Waals surface area contributed by atoms with Crippen LogP contribution in [-0.2, 0) is 20.7 Å². The molecule has 2 rings (SSSR count). The number of hydrogen-bond donors (Lipinski definition) is 1. The van der Waals surface area contributed by atoms with Gasteiger partial charge in [-0.2, -0.15) is 0 Å². The molecule has 0 saturated carbocycles. The SMILES string of the molecule is COC1(NC(=O)Cc2ccccc2)CN([Si](C)(C)C(C)(C)C)C1=O. The van der Waals surface area contributed by atoms with E-state index in [0.29, 0.717) is 6.54 Å². The van der Waals surface area contributed by atoms with E-state index in [1.807, 2.05) is 34.9 Å². The van der Waals surface area contributed by atoms with Gasteiger partial charge in [-0.15, -0.1) is 0 Å². The fourth-order valence-corrected chi connectivity index (χ4v) is 4.81. The number of nitrogens with one attached hydrogen (secondary N) is 1. The largest absolute Gasteiger partial charge is 0.360 e. The van der Waals surface area contributed by atoms with Gasteiger partial charge in [0, 0.05) is 7.11 Å². The molecule has 0 bridgehead atoms. The average molecular weight is 349 g/mol. The van der Waals surface area contributed by atoms with Gasteiger partial charge in [0.15, 0.2) is 8.24 Å². The molecule has 24 heavy (non-hydrogen) atoms. The summed E-state index contributed by atoms with van der Waals surface area (Å²) >= 11 is 0. The first-order valence-electron chi connectivity index (χ1n) is 8.26. The summed E-state index contributed by atoms with van der Waals surface area (Å²) in [5, 5.41) is 2.85. The minimum atomic E-state index is -1.96. The first-order valence-corrected chi connectivity index (χ1v) is 11.2. The van der Waals surface area contributed by atoms with Gasteiger partial charge in [-0.05, 0) is 10.6 Å². The van der Waals surface area contributed by atoms with Crippen molar-refractivity contribution in [3.8, 4) is 0 Å². The van der Waals surface area contributed by atoms with Crippen LogP contribution in [0.1, 0.15) is 26.3 Å². The van der Waals surface area contributed by atoms with Gasteiger partial charge in [0.25, 0.3) is 5.91 Å². The molecule has 132 valence electrons. The molecule has 6 heteroatoms. The van der Waals surface area contributed by atoms with E-state index in [-0.39, 0.29) is 23.3 Å². The summed E-state index contributed by atoms with van der Waals surface area (Å²) in [7, 11) is -0.486. The Morgan fingerprint density at radius 3 is 2.33 bits per heavy atom. The summed E-state index contributed by atoms with van der Waals surface area (Å²) in [5.74, 6) is -0.329. The van der Waals surface area contributed by atoms with Gasteiger partial charge in [-0.1, -0.05) is 64.2 Å². The molecule has 0 aromatic heterocycles. The molecule has 1 N–H and O–H groups in total. The van der Waals surface area contributed by atoms with E-state index >= 15 is 0 Å². The topological polar surface area (TPSA) is 58.6 Å². The Labute approximate surface area is 145 Å². The summed E-state index contributed by atoms with van der Waals surface area (Å²) in [6, 6.07) is 9.47. The van der Waals surface area contributed by atoms with Crippen LogP contribution in [0.15, 0.2) is 30.3 Å². The summed E-state index contributed by atoms with van der Waals surface area (Å²) in [6.07, 6.45) is 0.235. The van der Waals surface area contributed by atoms with E-state index in [9.17, 15) is 9.59 Å². The lowest BCUT2D eigenvalue weighted by Crippen LogP contribution is -2.81. The summed E-state index contributed by atoms with van der Waals surface area (Å²) in [4.78, 5) is 25.1. The van der Waals surface area contributed by atoms with E-state index in [0.717, 1.165) is 5.56 Å². The zero-order valence-corrected chi connectivity index (χ0v) is 16.5. The Kier molecular flexibility index (Phi) is 4.93. The zero-order valence-electron chi connectivity index (χ0n) is 15.5. The van der Waals surface area contributed by atoms with Crippen LogP contribution in [0.3, 0.4) is 0 Å². The maximum atomic E-state index is 12.8. The van der Waals surface area contributed by atoms with E-state index in [2.05, 4.69) is 39.2 Å². The number of rotatable bonds is 5. The van der Waals surface area contributed by atoms with Crippen molar-refractivity contribution < 1.29 is 14.3 Å². The van der Waals surface area contributed by atoms with Crippen molar-refractivity contribution in [2.45, 2.75) is 51.0 Å². The van der Waals surface area contributed by atoms with Crippen molar-refractivity contribution in [3.63, 3.8) is 0 Å². The van der Waals surface area contributed by atoms with Crippen molar-refractivity contribution in [1.29, 1.82) is 0 Å². The molecular formula is C18H28N2O3Si. The monoisotopic (exact) mass is 348 g/mol. The Bertz CT molecular complexity index is 625. The van der Waals surface area contributed by atoms with Crippen LogP contribution in [0.25, 0.3) is 0 Å². The van der Waals surface area contributed by atoms with E-state index in [1.165, 1.54) is 7.11 Å². The summed E-state index contributed by atoms with van der Waals surface area (Å²) < 4.78 is 7.35. The number of hydrogen-bond acceptors (Lipinski definition) is 3. The Morgan fingerprint density at radius 2 is 1.88 bits per heavy atom. The fraction of sp³-hybridized carbons (Fsp3) is 0.556. The molecule has 1 heterocycles. The average Bonchev–Trinajstić information content (AvgIpc) is 2.50. The zero-order chi connectivity index (χ0) is 18.2. The molecule has 0 radical (unpaired) electrons. The van der Waals surface area contributed by atoms with Gasteiger partial charge in [-0.25, -0.2) is 0 Å². The number of β-lactam (4-membered cyclic amide) rings is 1. The maximum absolute atomic E-state index is 12.8. The van der Waals surface area contributed by atoms with E-state index in [4.69, 9.17) is 4.74 Å². The minimum Gasteiger partial charge on any atom is -0.360 e. The van der Waals surface area contributed by atoms with Crippen molar-refractivity contribution in [2.24, 2.45) is 0 Å². The van der Waals surface area contributed by atoms with Crippen molar-refractivity contribution in [2.75, 3.05) is 13.7 Å². The van der Waals surface area contributed by atoms with Crippen LogP contribution in [0.4, 0.5) is 0 Å². The molecule has 2 amide bonds. The molecule has 1 atom stereocenters. The number of carbonyl (C=O) groups is 2. The van der Waals surface area contributed by atoms with Gasteiger partial charge in [0.05, 0.1) is 13.0 Å².